The summed E-state index contributed by atoms with van der Waals surface area (Å²) in [6.07, 6.45) is 2.81. The number of hydrogen-bond acceptors (Lipinski definition) is 3. The van der Waals surface area contributed by atoms with Crippen LogP contribution in [0.25, 0.3) is 10.8 Å². The molecule has 0 amide bonds. The van der Waals surface area contributed by atoms with Gasteiger partial charge in [0.25, 0.3) is 0 Å². The van der Waals surface area contributed by atoms with Gasteiger partial charge in [-0.05, 0) is 17.7 Å². The van der Waals surface area contributed by atoms with Crippen LogP contribution in [0.2, 0.25) is 0 Å². The van der Waals surface area contributed by atoms with Crippen LogP contribution >= 0.6 is 0 Å². The van der Waals surface area contributed by atoms with E-state index in [0.29, 0.717) is 6.04 Å². The van der Waals surface area contributed by atoms with Gasteiger partial charge in [-0.1, -0.05) is 45.0 Å². The van der Waals surface area contributed by atoms with E-state index in [4.69, 9.17) is 4.98 Å². The lowest BCUT2D eigenvalue weighted by Crippen LogP contribution is -2.31. The average molecular weight is 281 g/mol. The summed E-state index contributed by atoms with van der Waals surface area (Å²) in [5.74, 6) is 1.00. The summed E-state index contributed by atoms with van der Waals surface area (Å²) in [6.45, 7) is 9.71. The molecule has 1 aromatic heterocycles. The minimum absolute atomic E-state index is 0.195. The Hall–Kier alpha value is -1.90. The lowest BCUT2D eigenvalue weighted by atomic mass is 9.88. The van der Waals surface area contributed by atoms with Crippen LogP contribution in [0.1, 0.15) is 39.0 Å². The number of benzene rings is 1. The quantitative estimate of drug-likeness (QED) is 0.895. The van der Waals surface area contributed by atoms with Gasteiger partial charge in [0, 0.05) is 29.6 Å². The summed E-state index contributed by atoms with van der Waals surface area (Å²) < 4.78 is 0. The van der Waals surface area contributed by atoms with Crippen molar-refractivity contribution in [2.75, 3.05) is 5.32 Å². The lowest BCUT2D eigenvalue weighted by molar-refractivity contribution is 0.359. The highest BCUT2D eigenvalue weighted by Gasteiger charge is 2.22. The third kappa shape index (κ3) is 2.65. The van der Waals surface area contributed by atoms with Crippen molar-refractivity contribution in [1.82, 2.24) is 4.98 Å². The van der Waals surface area contributed by atoms with E-state index < -0.39 is 0 Å². The summed E-state index contributed by atoms with van der Waals surface area (Å²) >= 11 is 0. The first-order valence-corrected chi connectivity index (χ1v) is 7.62. The van der Waals surface area contributed by atoms with Crippen LogP contribution in [-0.2, 0) is 13.0 Å². The van der Waals surface area contributed by atoms with Gasteiger partial charge in [0.05, 0.1) is 12.2 Å². The average Bonchev–Trinajstić information content (AvgIpc) is 2.46. The summed E-state index contributed by atoms with van der Waals surface area (Å²) in [5.41, 5.74) is 2.63. The van der Waals surface area contributed by atoms with Crippen LogP contribution in [0.3, 0.4) is 0 Å². The topological polar surface area (TPSA) is 37.3 Å². The fourth-order valence-electron chi connectivity index (χ4n) is 2.55. The second-order valence-corrected chi connectivity index (χ2v) is 6.89. The summed E-state index contributed by atoms with van der Waals surface area (Å²) in [4.78, 5) is 9.31. The number of aromatic nitrogens is 1. The predicted octanol–water partition coefficient (Wildman–Crippen LogP) is 4.21. The van der Waals surface area contributed by atoms with Crippen LogP contribution < -0.4 is 5.32 Å². The first-order chi connectivity index (χ1) is 9.97. The fraction of sp³-hybridized carbons (Fsp3) is 0.444. The van der Waals surface area contributed by atoms with E-state index in [1.807, 2.05) is 6.21 Å². The van der Waals surface area contributed by atoms with Gasteiger partial charge in [0.2, 0.25) is 0 Å². The smallest absolute Gasteiger partial charge is 0.134 e. The zero-order chi connectivity index (χ0) is 15.0. The van der Waals surface area contributed by atoms with Crippen LogP contribution in [0.5, 0.6) is 0 Å². The van der Waals surface area contributed by atoms with Gasteiger partial charge in [-0.25, -0.2) is 4.98 Å². The van der Waals surface area contributed by atoms with Crippen molar-refractivity contribution in [2.45, 2.75) is 46.7 Å². The Morgan fingerprint density at radius 1 is 1.14 bits per heavy atom. The largest absolute Gasteiger partial charge is 0.367 e. The molecule has 0 spiro atoms. The second kappa shape index (κ2) is 5.14. The fourth-order valence-corrected chi connectivity index (χ4v) is 2.55. The molecule has 3 nitrogen and oxygen atoms in total. The van der Waals surface area contributed by atoms with Gasteiger partial charge < -0.3 is 5.32 Å². The number of aliphatic imine (C=N–C) groups is 1. The first kappa shape index (κ1) is 14.1. The Balaban J connectivity index is 2.11. The third-order valence-corrected chi connectivity index (χ3v) is 4.42. The van der Waals surface area contributed by atoms with Crippen LogP contribution in [0.4, 0.5) is 5.82 Å². The molecule has 0 saturated carbocycles. The Bertz CT molecular complexity index is 695. The van der Waals surface area contributed by atoms with Gasteiger partial charge in [-0.2, -0.15) is 0 Å². The van der Waals surface area contributed by atoms with Gasteiger partial charge in [-0.15, -0.1) is 0 Å². The minimum Gasteiger partial charge on any atom is -0.367 e. The van der Waals surface area contributed by atoms with Crippen molar-refractivity contribution < 1.29 is 0 Å². The van der Waals surface area contributed by atoms with Gasteiger partial charge in [-0.3, -0.25) is 4.99 Å². The second-order valence-electron chi connectivity index (χ2n) is 6.89. The Labute approximate surface area is 126 Å². The summed E-state index contributed by atoms with van der Waals surface area (Å²) in [7, 11) is 0. The summed E-state index contributed by atoms with van der Waals surface area (Å²) in [5, 5.41) is 6.10. The molecule has 0 bridgehead atoms. The first-order valence-electron chi connectivity index (χ1n) is 7.62. The van der Waals surface area contributed by atoms with E-state index in [1.165, 1.54) is 16.3 Å². The highest BCUT2D eigenvalue weighted by molar-refractivity contribution is 5.95. The molecule has 0 fully saturated rings. The zero-order valence-electron chi connectivity index (χ0n) is 13.3. The van der Waals surface area contributed by atoms with E-state index in [1.54, 1.807) is 0 Å². The highest BCUT2D eigenvalue weighted by Crippen LogP contribution is 2.31. The van der Waals surface area contributed by atoms with Crippen molar-refractivity contribution in [3.8, 4) is 0 Å². The molecule has 3 rings (SSSR count). The van der Waals surface area contributed by atoms with Crippen LogP contribution in [0.15, 0.2) is 29.3 Å². The monoisotopic (exact) mass is 281 g/mol. The molecule has 0 radical (unpaired) electrons. The van der Waals surface area contributed by atoms with Crippen molar-refractivity contribution in [3.05, 3.63) is 35.5 Å². The van der Waals surface area contributed by atoms with Crippen molar-refractivity contribution in [3.63, 3.8) is 0 Å². The molecular weight excluding hydrogens is 258 g/mol. The highest BCUT2D eigenvalue weighted by atomic mass is 15.0. The number of pyridine rings is 1. The summed E-state index contributed by atoms with van der Waals surface area (Å²) in [6, 6.07) is 8.86. The number of rotatable bonds is 2. The molecule has 1 aliphatic rings. The van der Waals surface area contributed by atoms with E-state index in [2.05, 4.69) is 62.3 Å². The molecule has 0 saturated heterocycles. The number of nitrogens with zero attached hydrogens (tertiary/aromatic N) is 2. The maximum Gasteiger partial charge on any atom is 0.134 e. The molecule has 0 aliphatic carbocycles. The Kier molecular flexibility index (Phi) is 3.44. The normalized spacial score (nSPS) is 15.8. The molecule has 1 atom stereocenters. The molecule has 3 heteroatoms. The van der Waals surface area contributed by atoms with Gasteiger partial charge in [0.1, 0.15) is 5.82 Å². The van der Waals surface area contributed by atoms with Gasteiger partial charge >= 0.3 is 0 Å². The van der Waals surface area contributed by atoms with Crippen LogP contribution in [0, 0.1) is 5.41 Å². The molecule has 21 heavy (non-hydrogen) atoms. The van der Waals surface area contributed by atoms with E-state index in [0.717, 1.165) is 24.5 Å². The molecule has 2 aromatic rings. The number of hydrogen-bond donors (Lipinski definition) is 1. The Morgan fingerprint density at radius 3 is 2.57 bits per heavy atom. The number of anilines is 1. The molecule has 110 valence electrons. The minimum atomic E-state index is 0.195. The van der Waals surface area contributed by atoms with Crippen molar-refractivity contribution in [2.24, 2.45) is 10.4 Å². The molecule has 1 N–H and O–H groups in total. The number of nitrogens with one attached hydrogen (secondary N) is 1. The molecule has 1 aromatic carbocycles. The van der Waals surface area contributed by atoms with E-state index in [9.17, 15) is 0 Å². The molecule has 2 heterocycles. The molecule has 1 unspecified atom stereocenters. The number of fused-ring (bicyclic) bond motifs is 3. The van der Waals surface area contributed by atoms with Crippen LogP contribution in [-0.4, -0.2) is 17.2 Å². The van der Waals surface area contributed by atoms with E-state index in [-0.39, 0.29) is 5.41 Å². The maximum absolute atomic E-state index is 4.89. The predicted molar refractivity (Wildman–Crippen MR) is 90.2 cm³/mol. The maximum atomic E-state index is 4.89. The lowest BCUT2D eigenvalue weighted by Gasteiger charge is -2.29. The SMILES string of the molecule is CC(Nc1nc2c(c3ccccc13)CN=CC2)C(C)(C)C. The zero-order valence-corrected chi connectivity index (χ0v) is 13.3. The Morgan fingerprint density at radius 2 is 1.86 bits per heavy atom. The third-order valence-electron chi connectivity index (χ3n) is 4.42. The van der Waals surface area contributed by atoms with Crippen molar-refractivity contribution >= 4 is 22.8 Å². The van der Waals surface area contributed by atoms with Crippen molar-refractivity contribution in [1.29, 1.82) is 0 Å². The van der Waals surface area contributed by atoms with Gasteiger partial charge in [0.15, 0.2) is 0 Å². The van der Waals surface area contributed by atoms with E-state index >= 15 is 0 Å². The molecular formula is C18H23N3. The standard InChI is InChI=1S/C18H23N3/c1-12(18(2,3)4)20-17-14-8-6-5-7-13(14)15-11-19-10-9-16(15)21-17/h5-8,10,12H,9,11H2,1-4H3,(H,20,21). The molecule has 1 aliphatic heterocycles.